The van der Waals surface area contributed by atoms with Gasteiger partial charge in [0.15, 0.2) is 16.6 Å². The number of carbonyl (C=O) groups excluding carboxylic acids is 1. The lowest BCUT2D eigenvalue weighted by molar-refractivity contribution is -0.384. The molecule has 0 heterocycles. The number of ether oxygens (including phenoxy) is 2. The first-order valence-electron chi connectivity index (χ1n) is 8.11. The Morgan fingerprint density at radius 2 is 1.86 bits per heavy atom. The van der Waals surface area contributed by atoms with Crippen LogP contribution in [0.15, 0.2) is 42.5 Å². The maximum absolute atomic E-state index is 12.1. The number of benzene rings is 2. The van der Waals surface area contributed by atoms with Crippen molar-refractivity contribution >= 4 is 40.7 Å². The highest BCUT2D eigenvalue weighted by Gasteiger charge is 2.10. The number of nitro groups is 1. The normalized spacial score (nSPS) is 10.4. The second-order valence-corrected chi connectivity index (χ2v) is 6.06. The molecule has 0 aromatic heterocycles. The van der Waals surface area contributed by atoms with Crippen LogP contribution in [0.2, 0.25) is 0 Å². The van der Waals surface area contributed by atoms with Gasteiger partial charge in [0, 0.05) is 23.9 Å². The summed E-state index contributed by atoms with van der Waals surface area (Å²) in [5.74, 6) is 0.681. The summed E-state index contributed by atoms with van der Waals surface area (Å²) in [4.78, 5) is 22.4. The van der Waals surface area contributed by atoms with Crippen LogP contribution in [0.5, 0.6) is 11.5 Å². The number of hydrogen-bond acceptors (Lipinski definition) is 6. The van der Waals surface area contributed by atoms with Gasteiger partial charge in [-0.05, 0) is 48.5 Å². The second-order valence-electron chi connectivity index (χ2n) is 5.65. The lowest BCUT2D eigenvalue weighted by Gasteiger charge is -2.10. The molecule has 2 aromatic rings. The highest BCUT2D eigenvalue weighted by Crippen LogP contribution is 2.28. The Balaban J connectivity index is 2.01. The molecule has 28 heavy (non-hydrogen) atoms. The van der Waals surface area contributed by atoms with Gasteiger partial charge in [-0.3, -0.25) is 20.2 Å². The van der Waals surface area contributed by atoms with Gasteiger partial charge in [-0.2, -0.15) is 0 Å². The number of hydrogen-bond donors (Lipinski definition) is 2. The highest BCUT2D eigenvalue weighted by molar-refractivity contribution is 7.80. The fourth-order valence-corrected chi connectivity index (χ4v) is 2.50. The van der Waals surface area contributed by atoms with E-state index in [0.29, 0.717) is 17.2 Å². The molecule has 0 atom stereocenters. The van der Waals surface area contributed by atoms with Gasteiger partial charge in [-0.15, -0.1) is 0 Å². The van der Waals surface area contributed by atoms with Crippen molar-refractivity contribution in [2.24, 2.45) is 0 Å². The highest BCUT2D eigenvalue weighted by atomic mass is 32.1. The molecule has 0 radical (unpaired) electrons. The molecule has 146 valence electrons. The van der Waals surface area contributed by atoms with E-state index in [0.717, 1.165) is 11.1 Å². The fraction of sp³-hybridized carbons (Fsp3) is 0.158. The van der Waals surface area contributed by atoms with E-state index in [-0.39, 0.29) is 10.8 Å². The SMILES string of the molecule is COc1ccc(C=CC(=O)NC(=S)Nc2cc([N+](=O)[O-])ccc2C)cc1OC. The van der Waals surface area contributed by atoms with Gasteiger partial charge < -0.3 is 14.8 Å². The minimum Gasteiger partial charge on any atom is -0.493 e. The Labute approximate surface area is 167 Å². The second kappa shape index (κ2) is 9.47. The number of amides is 1. The minimum absolute atomic E-state index is 0.0329. The van der Waals surface area contributed by atoms with Crippen LogP contribution in [0.1, 0.15) is 11.1 Å². The van der Waals surface area contributed by atoms with Crippen molar-refractivity contribution in [2.75, 3.05) is 19.5 Å². The number of anilines is 1. The van der Waals surface area contributed by atoms with E-state index in [1.54, 1.807) is 37.3 Å². The quantitative estimate of drug-likeness (QED) is 0.331. The monoisotopic (exact) mass is 401 g/mol. The molecule has 0 saturated heterocycles. The van der Waals surface area contributed by atoms with Crippen molar-refractivity contribution in [1.82, 2.24) is 5.32 Å². The Kier molecular flexibility index (Phi) is 7.05. The topological polar surface area (TPSA) is 103 Å². The van der Waals surface area contributed by atoms with Gasteiger partial charge in [0.05, 0.1) is 19.1 Å². The zero-order chi connectivity index (χ0) is 20.7. The van der Waals surface area contributed by atoms with Crippen molar-refractivity contribution in [1.29, 1.82) is 0 Å². The summed E-state index contributed by atoms with van der Waals surface area (Å²) in [5, 5.41) is 16.2. The molecule has 1 amide bonds. The third-order valence-electron chi connectivity index (χ3n) is 3.75. The zero-order valence-electron chi connectivity index (χ0n) is 15.5. The number of nitrogens with zero attached hydrogens (tertiary/aromatic N) is 1. The Morgan fingerprint density at radius 3 is 2.50 bits per heavy atom. The molecule has 0 aliphatic rings. The lowest BCUT2D eigenvalue weighted by Crippen LogP contribution is -2.33. The van der Waals surface area contributed by atoms with Crippen molar-refractivity contribution < 1.29 is 19.2 Å². The fourth-order valence-electron chi connectivity index (χ4n) is 2.29. The van der Waals surface area contributed by atoms with Gasteiger partial charge in [-0.25, -0.2) is 0 Å². The first-order valence-corrected chi connectivity index (χ1v) is 8.52. The first kappa shape index (κ1) is 20.8. The van der Waals surface area contributed by atoms with Gasteiger partial charge in [0.25, 0.3) is 5.69 Å². The van der Waals surface area contributed by atoms with Crippen LogP contribution in [-0.4, -0.2) is 30.2 Å². The molecule has 0 spiro atoms. The summed E-state index contributed by atoms with van der Waals surface area (Å²) in [5.41, 5.74) is 1.86. The zero-order valence-corrected chi connectivity index (χ0v) is 16.3. The number of methoxy groups -OCH3 is 2. The molecule has 0 bridgehead atoms. The molecule has 2 aromatic carbocycles. The van der Waals surface area contributed by atoms with Crippen molar-refractivity contribution in [3.8, 4) is 11.5 Å². The maximum Gasteiger partial charge on any atom is 0.271 e. The van der Waals surface area contributed by atoms with E-state index in [1.807, 2.05) is 0 Å². The summed E-state index contributed by atoms with van der Waals surface area (Å²) in [7, 11) is 3.07. The molecule has 0 saturated carbocycles. The molecule has 2 rings (SSSR count). The van der Waals surface area contributed by atoms with Crippen LogP contribution >= 0.6 is 12.2 Å². The van der Waals surface area contributed by atoms with Crippen molar-refractivity contribution in [3.05, 3.63) is 63.7 Å². The summed E-state index contributed by atoms with van der Waals surface area (Å²) in [6.45, 7) is 1.77. The van der Waals surface area contributed by atoms with Crippen molar-refractivity contribution in [3.63, 3.8) is 0 Å². The van der Waals surface area contributed by atoms with Gasteiger partial charge in [0.1, 0.15) is 0 Å². The van der Waals surface area contributed by atoms with E-state index >= 15 is 0 Å². The smallest absolute Gasteiger partial charge is 0.271 e. The largest absolute Gasteiger partial charge is 0.493 e. The van der Waals surface area contributed by atoms with Crippen LogP contribution < -0.4 is 20.1 Å². The predicted octanol–water partition coefficient (Wildman–Crippen LogP) is 3.45. The number of nitrogens with one attached hydrogen (secondary N) is 2. The molecule has 9 heteroatoms. The maximum atomic E-state index is 12.1. The van der Waals surface area contributed by atoms with Gasteiger partial charge in [0.2, 0.25) is 5.91 Å². The third-order valence-corrected chi connectivity index (χ3v) is 3.96. The number of aryl methyl sites for hydroxylation is 1. The van der Waals surface area contributed by atoms with Crippen LogP contribution in [0.4, 0.5) is 11.4 Å². The van der Waals surface area contributed by atoms with Gasteiger partial charge in [-0.1, -0.05) is 12.1 Å². The standard InChI is InChI=1S/C19H19N3O5S/c1-12-4-7-14(22(24)25)11-15(12)20-19(28)21-18(23)9-6-13-5-8-16(26-2)17(10-13)27-3/h4-11H,1-3H3,(H2,20,21,23,28). The van der Waals surface area contributed by atoms with Crippen LogP contribution in [-0.2, 0) is 4.79 Å². The predicted molar refractivity (Wildman–Crippen MR) is 111 cm³/mol. The number of rotatable bonds is 6. The summed E-state index contributed by atoms with van der Waals surface area (Å²) >= 11 is 5.10. The van der Waals surface area contributed by atoms with Crippen molar-refractivity contribution in [2.45, 2.75) is 6.92 Å². The van der Waals surface area contributed by atoms with E-state index in [4.69, 9.17) is 21.7 Å². The Morgan fingerprint density at radius 1 is 1.14 bits per heavy atom. The summed E-state index contributed by atoms with van der Waals surface area (Å²) < 4.78 is 10.4. The number of thiocarbonyl (C=S) groups is 1. The average Bonchev–Trinajstić information content (AvgIpc) is 2.67. The molecule has 8 nitrogen and oxygen atoms in total. The summed E-state index contributed by atoms with van der Waals surface area (Å²) in [6.07, 6.45) is 2.91. The Hall–Kier alpha value is -3.46. The van der Waals surface area contributed by atoms with E-state index in [1.165, 1.54) is 32.4 Å². The molecule has 0 unspecified atom stereocenters. The van der Waals surface area contributed by atoms with Crippen LogP contribution in [0, 0.1) is 17.0 Å². The number of nitro benzene ring substituents is 1. The molecule has 0 aliphatic carbocycles. The van der Waals surface area contributed by atoms with E-state index in [2.05, 4.69) is 10.6 Å². The molecular formula is C19H19N3O5S. The molecule has 0 fully saturated rings. The Bertz CT molecular complexity index is 943. The lowest BCUT2D eigenvalue weighted by atomic mass is 10.2. The molecule has 0 aliphatic heterocycles. The van der Waals surface area contributed by atoms with E-state index in [9.17, 15) is 14.9 Å². The van der Waals surface area contributed by atoms with Crippen LogP contribution in [0.25, 0.3) is 6.08 Å². The third kappa shape index (κ3) is 5.52. The van der Waals surface area contributed by atoms with E-state index < -0.39 is 10.8 Å². The molecule has 2 N–H and O–H groups in total. The van der Waals surface area contributed by atoms with Gasteiger partial charge >= 0.3 is 0 Å². The number of carbonyl (C=O) groups is 1. The van der Waals surface area contributed by atoms with Crippen LogP contribution in [0.3, 0.4) is 0 Å². The number of non-ortho nitro benzene ring substituents is 1. The average molecular weight is 401 g/mol. The minimum atomic E-state index is -0.502. The molecular weight excluding hydrogens is 382 g/mol. The summed E-state index contributed by atoms with van der Waals surface area (Å²) in [6, 6.07) is 9.58. The first-order chi connectivity index (χ1) is 13.3.